The number of allylic oxidation sites excluding steroid dienone is 2. The van der Waals surface area contributed by atoms with Gasteiger partial charge in [0.1, 0.15) is 5.75 Å². The minimum atomic E-state index is 0.114. The number of nitrogens with one attached hydrogen (secondary N) is 1. The van der Waals surface area contributed by atoms with Crippen molar-refractivity contribution in [3.05, 3.63) is 42.0 Å². The predicted molar refractivity (Wildman–Crippen MR) is 97.7 cm³/mol. The SMILES string of the molecule is Cc1cccc(OCC(=O)N2CC[NH+](C[C@H]3C[C@H]4C=C[C@H]3C4)CC2)c1. The van der Waals surface area contributed by atoms with Gasteiger partial charge in [0.25, 0.3) is 5.91 Å². The molecule has 1 saturated heterocycles. The number of carbonyl (C=O) groups excluding carboxylic acids is 1. The van der Waals surface area contributed by atoms with E-state index in [2.05, 4.69) is 12.2 Å². The highest BCUT2D eigenvalue weighted by atomic mass is 16.5. The van der Waals surface area contributed by atoms with Crippen LogP contribution >= 0.6 is 0 Å². The van der Waals surface area contributed by atoms with E-state index < -0.39 is 0 Å². The molecule has 0 unspecified atom stereocenters. The molecule has 3 aliphatic rings. The van der Waals surface area contributed by atoms with E-state index in [1.165, 1.54) is 19.4 Å². The highest BCUT2D eigenvalue weighted by Crippen LogP contribution is 2.42. The normalized spacial score (nSPS) is 28.5. The van der Waals surface area contributed by atoms with Crippen molar-refractivity contribution in [1.82, 2.24) is 4.90 Å². The molecule has 2 fully saturated rings. The van der Waals surface area contributed by atoms with Crippen LogP contribution in [0.15, 0.2) is 36.4 Å². The van der Waals surface area contributed by atoms with E-state index in [0.717, 1.165) is 55.2 Å². The number of aryl methyl sites for hydroxylation is 1. The van der Waals surface area contributed by atoms with Crippen LogP contribution in [0.4, 0.5) is 0 Å². The van der Waals surface area contributed by atoms with Crippen molar-refractivity contribution in [2.24, 2.45) is 17.8 Å². The Kier molecular flexibility index (Phi) is 4.80. The molecule has 0 spiro atoms. The highest BCUT2D eigenvalue weighted by Gasteiger charge is 2.38. The first-order valence-electron chi connectivity index (χ1n) is 9.66. The molecule has 3 atom stereocenters. The van der Waals surface area contributed by atoms with E-state index in [1.807, 2.05) is 36.1 Å². The molecular weight excluding hydrogens is 312 g/mol. The largest absolute Gasteiger partial charge is 0.484 e. The fraction of sp³-hybridized carbons (Fsp3) is 0.571. The molecule has 1 saturated carbocycles. The lowest BCUT2D eigenvalue weighted by atomic mass is 9.93. The Morgan fingerprint density at radius 1 is 1.24 bits per heavy atom. The summed E-state index contributed by atoms with van der Waals surface area (Å²) in [5.74, 6) is 3.46. The third kappa shape index (κ3) is 3.90. The van der Waals surface area contributed by atoms with Gasteiger partial charge in [0, 0.05) is 5.92 Å². The zero-order valence-electron chi connectivity index (χ0n) is 15.1. The molecule has 0 aromatic heterocycles. The van der Waals surface area contributed by atoms with Crippen molar-refractivity contribution in [1.29, 1.82) is 0 Å². The molecule has 2 bridgehead atoms. The van der Waals surface area contributed by atoms with Crippen molar-refractivity contribution < 1.29 is 14.4 Å². The van der Waals surface area contributed by atoms with E-state index >= 15 is 0 Å². The van der Waals surface area contributed by atoms with Crippen LogP contribution in [0.3, 0.4) is 0 Å². The molecule has 0 radical (unpaired) electrons. The first-order valence-corrected chi connectivity index (χ1v) is 9.66. The van der Waals surface area contributed by atoms with Gasteiger partial charge in [0.2, 0.25) is 0 Å². The summed E-state index contributed by atoms with van der Waals surface area (Å²) in [6.45, 7) is 7.34. The zero-order chi connectivity index (χ0) is 17.2. The molecule has 1 aromatic rings. The van der Waals surface area contributed by atoms with Crippen LogP contribution in [0.25, 0.3) is 0 Å². The number of rotatable bonds is 5. The van der Waals surface area contributed by atoms with Gasteiger partial charge in [-0.2, -0.15) is 0 Å². The number of benzene rings is 1. The first-order chi connectivity index (χ1) is 12.2. The Morgan fingerprint density at radius 3 is 2.76 bits per heavy atom. The molecule has 134 valence electrons. The summed E-state index contributed by atoms with van der Waals surface area (Å²) in [6, 6.07) is 7.87. The molecule has 1 N–H and O–H groups in total. The average molecular weight is 341 g/mol. The standard InChI is InChI=1S/C21H28N2O2/c1-16-3-2-4-20(11-16)25-15-21(24)23-9-7-22(8-10-23)14-19-13-17-5-6-18(19)12-17/h2-6,11,17-19H,7-10,12-15H2,1H3/p+1/t17-,18-,19+/m0/s1. The summed E-state index contributed by atoms with van der Waals surface area (Å²) >= 11 is 0. The number of piperazine rings is 1. The van der Waals surface area contributed by atoms with Gasteiger partial charge in [0.05, 0.1) is 32.7 Å². The zero-order valence-corrected chi connectivity index (χ0v) is 15.1. The maximum Gasteiger partial charge on any atom is 0.260 e. The fourth-order valence-electron chi connectivity index (χ4n) is 4.72. The van der Waals surface area contributed by atoms with E-state index in [4.69, 9.17) is 4.74 Å². The second-order valence-electron chi connectivity index (χ2n) is 7.98. The van der Waals surface area contributed by atoms with E-state index in [1.54, 1.807) is 4.90 Å². The number of amides is 1. The third-order valence-electron chi connectivity index (χ3n) is 6.14. The van der Waals surface area contributed by atoms with Gasteiger partial charge >= 0.3 is 0 Å². The fourth-order valence-corrected chi connectivity index (χ4v) is 4.72. The van der Waals surface area contributed by atoms with Gasteiger partial charge in [-0.05, 0) is 49.3 Å². The summed E-state index contributed by atoms with van der Waals surface area (Å²) in [5, 5.41) is 0. The highest BCUT2D eigenvalue weighted by molar-refractivity contribution is 5.77. The maximum absolute atomic E-state index is 12.4. The van der Waals surface area contributed by atoms with Crippen LogP contribution in [-0.2, 0) is 4.79 Å². The van der Waals surface area contributed by atoms with Gasteiger partial charge in [0.15, 0.2) is 6.61 Å². The molecule has 4 rings (SSSR count). The van der Waals surface area contributed by atoms with Crippen molar-refractivity contribution in [2.45, 2.75) is 19.8 Å². The minimum absolute atomic E-state index is 0.114. The topological polar surface area (TPSA) is 34.0 Å². The van der Waals surface area contributed by atoms with Gasteiger partial charge in [-0.1, -0.05) is 24.3 Å². The summed E-state index contributed by atoms with van der Waals surface area (Å²) in [4.78, 5) is 16.0. The van der Waals surface area contributed by atoms with Crippen molar-refractivity contribution in [2.75, 3.05) is 39.3 Å². The number of hydrogen-bond donors (Lipinski definition) is 1. The lowest BCUT2D eigenvalue weighted by Crippen LogP contribution is -3.15. The summed E-state index contributed by atoms with van der Waals surface area (Å²) < 4.78 is 5.66. The van der Waals surface area contributed by atoms with E-state index in [9.17, 15) is 4.79 Å². The lowest BCUT2D eigenvalue weighted by molar-refractivity contribution is -0.907. The maximum atomic E-state index is 12.4. The Labute approximate surface area is 150 Å². The summed E-state index contributed by atoms with van der Waals surface area (Å²) in [6.07, 6.45) is 7.64. The van der Waals surface area contributed by atoms with Crippen LogP contribution in [0.1, 0.15) is 18.4 Å². The molecule has 4 nitrogen and oxygen atoms in total. The van der Waals surface area contributed by atoms with Crippen molar-refractivity contribution in [3.8, 4) is 5.75 Å². The molecule has 1 amide bonds. The molecule has 1 heterocycles. The molecule has 1 aromatic carbocycles. The monoisotopic (exact) mass is 341 g/mol. The first kappa shape index (κ1) is 16.6. The molecule has 2 aliphatic carbocycles. The molecule has 25 heavy (non-hydrogen) atoms. The smallest absolute Gasteiger partial charge is 0.260 e. The average Bonchev–Trinajstić information content (AvgIpc) is 3.23. The number of quaternary nitrogens is 1. The van der Waals surface area contributed by atoms with Crippen molar-refractivity contribution >= 4 is 5.91 Å². The van der Waals surface area contributed by atoms with Gasteiger partial charge in [-0.3, -0.25) is 4.79 Å². The Hall–Kier alpha value is -1.81. The van der Waals surface area contributed by atoms with Gasteiger partial charge in [-0.15, -0.1) is 0 Å². The molecular formula is C21H29N2O2+. The minimum Gasteiger partial charge on any atom is -0.484 e. The Bertz CT molecular complexity index is 649. The number of nitrogens with zero attached hydrogens (tertiary/aromatic N) is 1. The third-order valence-corrected chi connectivity index (χ3v) is 6.14. The second-order valence-corrected chi connectivity index (χ2v) is 7.98. The van der Waals surface area contributed by atoms with Crippen molar-refractivity contribution in [3.63, 3.8) is 0 Å². The quantitative estimate of drug-likeness (QED) is 0.820. The van der Waals surface area contributed by atoms with Crippen LogP contribution in [0.2, 0.25) is 0 Å². The van der Waals surface area contributed by atoms with Crippen LogP contribution in [0.5, 0.6) is 5.75 Å². The Morgan fingerprint density at radius 2 is 2.08 bits per heavy atom. The molecule has 1 aliphatic heterocycles. The number of ether oxygens (including phenoxy) is 1. The lowest BCUT2D eigenvalue weighted by Gasteiger charge is -2.34. The van der Waals surface area contributed by atoms with Crippen LogP contribution in [-0.4, -0.2) is 50.1 Å². The number of carbonyl (C=O) groups is 1. The van der Waals surface area contributed by atoms with Crippen LogP contribution < -0.4 is 9.64 Å². The summed E-state index contributed by atoms with van der Waals surface area (Å²) in [7, 11) is 0. The number of hydrogen-bond acceptors (Lipinski definition) is 2. The Balaban J connectivity index is 1.20. The van der Waals surface area contributed by atoms with E-state index in [-0.39, 0.29) is 12.5 Å². The predicted octanol–water partition coefficient (Wildman–Crippen LogP) is 1.31. The van der Waals surface area contributed by atoms with Crippen LogP contribution in [0, 0.1) is 24.7 Å². The molecule has 4 heteroatoms. The number of fused-ring (bicyclic) bond motifs is 2. The van der Waals surface area contributed by atoms with E-state index in [0.29, 0.717) is 0 Å². The van der Waals surface area contributed by atoms with Gasteiger partial charge < -0.3 is 14.5 Å². The second kappa shape index (κ2) is 7.20. The summed E-state index contributed by atoms with van der Waals surface area (Å²) in [5.41, 5.74) is 1.15. The van der Waals surface area contributed by atoms with Gasteiger partial charge in [-0.25, -0.2) is 0 Å².